The molecule has 1 heterocycles. The number of non-ortho nitro benzene ring substituents is 1. The summed E-state index contributed by atoms with van der Waals surface area (Å²) < 4.78 is 10.5. The third-order valence-corrected chi connectivity index (χ3v) is 3.41. The third kappa shape index (κ3) is 3.56. The van der Waals surface area contributed by atoms with Crippen molar-refractivity contribution in [2.24, 2.45) is 0 Å². The molecule has 2 aromatic rings. The van der Waals surface area contributed by atoms with E-state index in [1.54, 1.807) is 18.2 Å². The first-order chi connectivity index (χ1) is 12.1. The molecule has 1 aliphatic rings. The van der Waals surface area contributed by atoms with Crippen LogP contribution in [-0.4, -0.2) is 17.6 Å². The Morgan fingerprint density at radius 3 is 2.60 bits per heavy atom. The smallest absolute Gasteiger partial charge is 0.269 e. The monoisotopic (exact) mass is 337 g/mol. The fourth-order valence-corrected chi connectivity index (χ4v) is 2.18. The maximum absolute atomic E-state index is 12.2. The van der Waals surface area contributed by atoms with Crippen molar-refractivity contribution in [2.75, 3.05) is 12.1 Å². The van der Waals surface area contributed by atoms with E-state index in [-0.39, 0.29) is 18.1 Å². The van der Waals surface area contributed by atoms with Gasteiger partial charge in [0.15, 0.2) is 11.5 Å². The zero-order valence-electron chi connectivity index (χ0n) is 12.8. The molecule has 0 radical (unpaired) electrons. The van der Waals surface area contributed by atoms with Crippen molar-refractivity contribution in [3.63, 3.8) is 0 Å². The summed E-state index contributed by atoms with van der Waals surface area (Å²) in [5.41, 5.74) is 0.758. The number of nitrogens with one attached hydrogen (secondary N) is 1. The summed E-state index contributed by atoms with van der Waals surface area (Å²) in [6.07, 6.45) is 1.42. The topological polar surface area (TPSA) is 114 Å². The van der Waals surface area contributed by atoms with E-state index in [0.717, 1.165) is 0 Å². The normalized spacial score (nSPS) is 12.4. The van der Waals surface area contributed by atoms with Crippen molar-refractivity contribution in [1.29, 1.82) is 5.26 Å². The lowest BCUT2D eigenvalue weighted by molar-refractivity contribution is -0.384. The second-order valence-corrected chi connectivity index (χ2v) is 5.04. The lowest BCUT2D eigenvalue weighted by Crippen LogP contribution is -2.13. The number of benzene rings is 2. The number of hydrogen-bond donors (Lipinski definition) is 1. The Labute approximate surface area is 142 Å². The lowest BCUT2D eigenvalue weighted by atomic mass is 10.1. The number of hydrogen-bond acceptors (Lipinski definition) is 6. The number of nitriles is 1. The summed E-state index contributed by atoms with van der Waals surface area (Å²) >= 11 is 0. The van der Waals surface area contributed by atoms with Crippen molar-refractivity contribution in [3.8, 4) is 17.6 Å². The Morgan fingerprint density at radius 1 is 1.20 bits per heavy atom. The molecule has 0 fully saturated rings. The zero-order valence-corrected chi connectivity index (χ0v) is 12.8. The van der Waals surface area contributed by atoms with Crippen molar-refractivity contribution in [1.82, 2.24) is 0 Å². The first-order valence-corrected chi connectivity index (χ1v) is 7.14. The highest BCUT2D eigenvalue weighted by molar-refractivity contribution is 6.09. The molecule has 0 bridgehead atoms. The van der Waals surface area contributed by atoms with Crippen molar-refractivity contribution < 1.29 is 19.2 Å². The van der Waals surface area contributed by atoms with Gasteiger partial charge < -0.3 is 14.8 Å². The predicted molar refractivity (Wildman–Crippen MR) is 87.9 cm³/mol. The second-order valence-electron chi connectivity index (χ2n) is 5.04. The Balaban J connectivity index is 1.77. The summed E-state index contributed by atoms with van der Waals surface area (Å²) in [7, 11) is 0. The number of nitro benzene ring substituents is 1. The Hall–Kier alpha value is -3.86. The van der Waals surface area contributed by atoms with Gasteiger partial charge in [-0.15, -0.1) is 0 Å². The summed E-state index contributed by atoms with van der Waals surface area (Å²) in [6, 6.07) is 12.2. The van der Waals surface area contributed by atoms with Gasteiger partial charge in [0.25, 0.3) is 11.6 Å². The molecule has 1 N–H and O–H groups in total. The maximum atomic E-state index is 12.2. The van der Waals surface area contributed by atoms with Crippen LogP contribution in [0.3, 0.4) is 0 Å². The summed E-state index contributed by atoms with van der Waals surface area (Å²) in [5, 5.41) is 22.4. The van der Waals surface area contributed by atoms with E-state index >= 15 is 0 Å². The zero-order chi connectivity index (χ0) is 17.8. The Kier molecular flexibility index (Phi) is 4.30. The molecule has 0 aromatic heterocycles. The molecule has 8 nitrogen and oxygen atoms in total. The molecule has 1 amide bonds. The SMILES string of the molecule is N#C/C(=C\c1ccc2c(c1)OCO2)C(=O)Nc1ccc([N+](=O)[O-])cc1. The summed E-state index contributed by atoms with van der Waals surface area (Å²) in [6.45, 7) is 0.133. The van der Waals surface area contributed by atoms with E-state index in [1.807, 2.05) is 6.07 Å². The molecule has 0 spiro atoms. The van der Waals surface area contributed by atoms with Crippen molar-refractivity contribution >= 4 is 23.4 Å². The van der Waals surface area contributed by atoms with Gasteiger partial charge in [0.2, 0.25) is 6.79 Å². The fourth-order valence-electron chi connectivity index (χ4n) is 2.18. The summed E-state index contributed by atoms with van der Waals surface area (Å²) in [4.78, 5) is 22.3. The molecule has 0 unspecified atom stereocenters. The molecule has 0 aliphatic carbocycles. The van der Waals surface area contributed by atoms with Crippen LogP contribution in [0.4, 0.5) is 11.4 Å². The maximum Gasteiger partial charge on any atom is 0.269 e. The van der Waals surface area contributed by atoms with Crippen LogP contribution in [0.2, 0.25) is 0 Å². The Morgan fingerprint density at radius 2 is 1.92 bits per heavy atom. The van der Waals surface area contributed by atoms with Gasteiger partial charge in [-0.25, -0.2) is 0 Å². The number of carbonyl (C=O) groups excluding carboxylic acids is 1. The van der Waals surface area contributed by atoms with Gasteiger partial charge in [-0.05, 0) is 35.9 Å². The van der Waals surface area contributed by atoms with Crippen LogP contribution in [-0.2, 0) is 4.79 Å². The van der Waals surface area contributed by atoms with Crippen LogP contribution in [0.25, 0.3) is 6.08 Å². The van der Waals surface area contributed by atoms with E-state index in [0.29, 0.717) is 22.7 Å². The van der Waals surface area contributed by atoms with Crippen LogP contribution in [0, 0.1) is 21.4 Å². The number of nitro groups is 1. The van der Waals surface area contributed by atoms with Crippen molar-refractivity contribution in [2.45, 2.75) is 0 Å². The van der Waals surface area contributed by atoms with Gasteiger partial charge in [-0.2, -0.15) is 5.26 Å². The van der Waals surface area contributed by atoms with E-state index in [4.69, 9.17) is 9.47 Å². The minimum absolute atomic E-state index is 0.0885. The summed E-state index contributed by atoms with van der Waals surface area (Å²) in [5.74, 6) is 0.529. The minimum Gasteiger partial charge on any atom is -0.454 e. The Bertz CT molecular complexity index is 913. The highest BCUT2D eigenvalue weighted by Crippen LogP contribution is 2.33. The van der Waals surface area contributed by atoms with Crippen LogP contribution in [0.5, 0.6) is 11.5 Å². The molecule has 3 rings (SSSR count). The van der Waals surface area contributed by atoms with E-state index in [9.17, 15) is 20.2 Å². The highest BCUT2D eigenvalue weighted by atomic mass is 16.7. The van der Waals surface area contributed by atoms with Crippen molar-refractivity contribution in [3.05, 3.63) is 63.7 Å². The van der Waals surface area contributed by atoms with Crippen LogP contribution in [0.15, 0.2) is 48.0 Å². The molecule has 1 aliphatic heterocycles. The molecule has 8 heteroatoms. The standard InChI is InChI=1S/C17H11N3O5/c18-9-12(7-11-1-6-15-16(8-11)25-10-24-15)17(21)19-13-2-4-14(5-3-13)20(22)23/h1-8H,10H2,(H,19,21)/b12-7+. The quantitative estimate of drug-likeness (QED) is 0.397. The first kappa shape index (κ1) is 16.0. The van der Waals surface area contributed by atoms with Gasteiger partial charge in [0.1, 0.15) is 11.6 Å². The van der Waals surface area contributed by atoms with E-state index < -0.39 is 10.8 Å². The number of ether oxygens (including phenoxy) is 2. The van der Waals surface area contributed by atoms with E-state index in [1.165, 1.54) is 30.3 Å². The molecular formula is C17H11N3O5. The predicted octanol–water partition coefficient (Wildman–Crippen LogP) is 2.87. The average molecular weight is 337 g/mol. The first-order valence-electron chi connectivity index (χ1n) is 7.14. The second kappa shape index (κ2) is 6.72. The van der Waals surface area contributed by atoms with E-state index in [2.05, 4.69) is 5.32 Å². The third-order valence-electron chi connectivity index (χ3n) is 3.41. The molecule has 0 saturated carbocycles. The number of carbonyl (C=O) groups is 1. The van der Waals surface area contributed by atoms with Crippen LogP contribution in [0.1, 0.15) is 5.56 Å². The number of nitrogens with zero attached hydrogens (tertiary/aromatic N) is 2. The molecule has 124 valence electrons. The van der Waals surface area contributed by atoms with Crippen LogP contribution < -0.4 is 14.8 Å². The lowest BCUT2D eigenvalue weighted by Gasteiger charge is -2.04. The highest BCUT2D eigenvalue weighted by Gasteiger charge is 2.15. The number of fused-ring (bicyclic) bond motifs is 1. The molecule has 0 atom stereocenters. The van der Waals surface area contributed by atoms with Crippen LogP contribution >= 0.6 is 0 Å². The minimum atomic E-state index is -0.617. The van der Waals surface area contributed by atoms with Gasteiger partial charge in [0, 0.05) is 17.8 Å². The van der Waals surface area contributed by atoms with Gasteiger partial charge in [0.05, 0.1) is 4.92 Å². The number of rotatable bonds is 4. The van der Waals surface area contributed by atoms with Gasteiger partial charge in [-0.1, -0.05) is 6.07 Å². The number of anilines is 1. The largest absolute Gasteiger partial charge is 0.454 e. The van der Waals surface area contributed by atoms with Gasteiger partial charge >= 0.3 is 0 Å². The number of amides is 1. The average Bonchev–Trinajstić information content (AvgIpc) is 3.07. The van der Waals surface area contributed by atoms with Gasteiger partial charge in [-0.3, -0.25) is 14.9 Å². The molecule has 0 saturated heterocycles. The molecule has 2 aromatic carbocycles. The fraction of sp³-hybridized carbons (Fsp3) is 0.0588. The molecular weight excluding hydrogens is 326 g/mol. The molecule has 25 heavy (non-hydrogen) atoms.